The SMILES string of the molecule is Nc1ncnc2nc3c(cc12)CSC3. The summed E-state index contributed by atoms with van der Waals surface area (Å²) in [6.07, 6.45) is 1.46. The van der Waals surface area contributed by atoms with Crippen molar-refractivity contribution in [1.82, 2.24) is 15.0 Å². The van der Waals surface area contributed by atoms with Gasteiger partial charge in [-0.15, -0.1) is 0 Å². The predicted molar refractivity (Wildman–Crippen MR) is 56.7 cm³/mol. The molecule has 5 heteroatoms. The fourth-order valence-corrected chi connectivity index (χ4v) is 2.61. The number of nitrogen functional groups attached to an aromatic ring is 1. The van der Waals surface area contributed by atoms with Gasteiger partial charge in [0.05, 0.1) is 11.1 Å². The van der Waals surface area contributed by atoms with E-state index in [9.17, 15) is 0 Å². The lowest BCUT2D eigenvalue weighted by Crippen LogP contribution is -1.97. The molecule has 0 unspecified atom stereocenters. The molecule has 0 saturated carbocycles. The fourth-order valence-electron chi connectivity index (χ4n) is 1.59. The van der Waals surface area contributed by atoms with Crippen molar-refractivity contribution in [2.24, 2.45) is 0 Å². The van der Waals surface area contributed by atoms with E-state index in [0.717, 1.165) is 22.6 Å². The Labute approximate surface area is 85.0 Å². The summed E-state index contributed by atoms with van der Waals surface area (Å²) in [5.41, 5.74) is 8.87. The lowest BCUT2D eigenvalue weighted by molar-refractivity contribution is 1.13. The summed E-state index contributed by atoms with van der Waals surface area (Å²) in [5, 5.41) is 0.869. The summed E-state index contributed by atoms with van der Waals surface area (Å²) >= 11 is 1.87. The van der Waals surface area contributed by atoms with Crippen molar-refractivity contribution in [1.29, 1.82) is 0 Å². The van der Waals surface area contributed by atoms with Crippen LogP contribution in [0.15, 0.2) is 12.4 Å². The van der Waals surface area contributed by atoms with Gasteiger partial charge in [-0.2, -0.15) is 11.8 Å². The zero-order valence-electron chi connectivity index (χ0n) is 7.40. The van der Waals surface area contributed by atoms with Crippen LogP contribution in [-0.2, 0) is 11.5 Å². The second kappa shape index (κ2) is 2.81. The molecule has 0 fully saturated rings. The third kappa shape index (κ3) is 1.05. The van der Waals surface area contributed by atoms with Gasteiger partial charge >= 0.3 is 0 Å². The first kappa shape index (κ1) is 7.99. The van der Waals surface area contributed by atoms with Crippen LogP contribution in [0.1, 0.15) is 11.3 Å². The molecule has 4 nitrogen and oxygen atoms in total. The normalized spacial score (nSPS) is 14.6. The maximum absolute atomic E-state index is 5.75. The molecule has 0 atom stereocenters. The molecule has 0 saturated heterocycles. The van der Waals surface area contributed by atoms with Crippen LogP contribution in [0.3, 0.4) is 0 Å². The second-order valence-corrected chi connectivity index (χ2v) is 4.20. The molecule has 0 spiro atoms. The summed E-state index contributed by atoms with van der Waals surface area (Å²) in [4.78, 5) is 12.5. The molecule has 1 aliphatic rings. The fraction of sp³-hybridized carbons (Fsp3) is 0.222. The van der Waals surface area contributed by atoms with Crippen LogP contribution in [0.5, 0.6) is 0 Å². The standard InChI is InChI=1S/C9H8N4S/c10-8-6-1-5-2-14-3-7(5)13-9(6)12-4-11-8/h1,4H,2-3H2,(H2,10,11,12,13). The molecule has 0 radical (unpaired) electrons. The van der Waals surface area contributed by atoms with Gasteiger partial charge in [-0.05, 0) is 11.6 Å². The van der Waals surface area contributed by atoms with E-state index in [4.69, 9.17) is 5.73 Å². The molecular weight excluding hydrogens is 196 g/mol. The highest BCUT2D eigenvalue weighted by Crippen LogP contribution is 2.31. The van der Waals surface area contributed by atoms with Crippen LogP contribution in [0.4, 0.5) is 5.82 Å². The van der Waals surface area contributed by atoms with E-state index in [0.29, 0.717) is 11.5 Å². The Morgan fingerprint density at radius 2 is 2.21 bits per heavy atom. The second-order valence-electron chi connectivity index (χ2n) is 3.22. The molecule has 0 amide bonds. The Morgan fingerprint density at radius 3 is 3.14 bits per heavy atom. The van der Waals surface area contributed by atoms with Crippen LogP contribution in [0, 0.1) is 0 Å². The largest absolute Gasteiger partial charge is 0.383 e. The Morgan fingerprint density at radius 1 is 1.29 bits per heavy atom. The average Bonchev–Trinajstić information content (AvgIpc) is 2.62. The number of nitrogens with two attached hydrogens (primary N) is 1. The maximum Gasteiger partial charge on any atom is 0.164 e. The van der Waals surface area contributed by atoms with Gasteiger partial charge in [0.25, 0.3) is 0 Å². The van der Waals surface area contributed by atoms with Crippen LogP contribution in [0.25, 0.3) is 11.0 Å². The van der Waals surface area contributed by atoms with Gasteiger partial charge in [0.1, 0.15) is 12.1 Å². The van der Waals surface area contributed by atoms with Gasteiger partial charge < -0.3 is 5.73 Å². The van der Waals surface area contributed by atoms with E-state index < -0.39 is 0 Å². The Kier molecular flexibility index (Phi) is 1.61. The summed E-state index contributed by atoms with van der Waals surface area (Å²) in [6.45, 7) is 0. The lowest BCUT2D eigenvalue weighted by atomic mass is 10.2. The highest BCUT2D eigenvalue weighted by Gasteiger charge is 2.15. The van der Waals surface area contributed by atoms with Crippen LogP contribution in [0.2, 0.25) is 0 Å². The summed E-state index contributed by atoms with van der Waals surface area (Å²) in [5.74, 6) is 2.52. The van der Waals surface area contributed by atoms with Crippen LogP contribution in [-0.4, -0.2) is 15.0 Å². The van der Waals surface area contributed by atoms with Crippen molar-refractivity contribution < 1.29 is 0 Å². The van der Waals surface area contributed by atoms with Crippen molar-refractivity contribution >= 4 is 28.6 Å². The van der Waals surface area contributed by atoms with Crippen molar-refractivity contribution in [3.63, 3.8) is 0 Å². The molecule has 0 bridgehead atoms. The van der Waals surface area contributed by atoms with Crippen LogP contribution < -0.4 is 5.73 Å². The Balaban J connectivity index is 2.39. The number of hydrogen-bond donors (Lipinski definition) is 1. The predicted octanol–water partition coefficient (Wildman–Crippen LogP) is 1.35. The lowest BCUT2D eigenvalue weighted by Gasteiger charge is -2.02. The van der Waals surface area contributed by atoms with E-state index in [1.807, 2.05) is 11.8 Å². The summed E-state index contributed by atoms with van der Waals surface area (Å²) < 4.78 is 0. The number of rotatable bonds is 0. The Hall–Kier alpha value is -1.36. The third-order valence-electron chi connectivity index (χ3n) is 2.32. The molecule has 2 aromatic rings. The minimum Gasteiger partial charge on any atom is -0.383 e. The number of aromatic nitrogens is 3. The maximum atomic E-state index is 5.75. The zero-order valence-corrected chi connectivity index (χ0v) is 8.21. The van der Waals surface area contributed by atoms with Gasteiger partial charge in [0.15, 0.2) is 5.65 Å². The van der Waals surface area contributed by atoms with Gasteiger partial charge in [-0.3, -0.25) is 0 Å². The highest BCUT2D eigenvalue weighted by atomic mass is 32.2. The van der Waals surface area contributed by atoms with Gasteiger partial charge in [0, 0.05) is 11.5 Å². The van der Waals surface area contributed by atoms with E-state index in [1.165, 1.54) is 11.9 Å². The van der Waals surface area contributed by atoms with Crippen molar-refractivity contribution in [3.05, 3.63) is 23.7 Å². The van der Waals surface area contributed by atoms with E-state index >= 15 is 0 Å². The Bertz CT molecular complexity index is 511. The molecule has 0 aliphatic carbocycles. The minimum absolute atomic E-state index is 0.516. The topological polar surface area (TPSA) is 64.7 Å². The number of fused-ring (bicyclic) bond motifs is 2. The van der Waals surface area contributed by atoms with Gasteiger partial charge in [-0.1, -0.05) is 0 Å². The van der Waals surface area contributed by atoms with Crippen molar-refractivity contribution in [2.75, 3.05) is 5.73 Å². The average molecular weight is 204 g/mol. The first-order chi connectivity index (χ1) is 6.84. The summed E-state index contributed by atoms with van der Waals surface area (Å²) in [7, 11) is 0. The van der Waals surface area contributed by atoms with Gasteiger partial charge in [-0.25, -0.2) is 15.0 Å². The first-order valence-electron chi connectivity index (χ1n) is 4.31. The van der Waals surface area contributed by atoms with E-state index in [-0.39, 0.29) is 0 Å². The minimum atomic E-state index is 0.516. The quantitative estimate of drug-likeness (QED) is 0.701. The molecule has 3 heterocycles. The molecule has 14 heavy (non-hydrogen) atoms. The number of anilines is 1. The third-order valence-corrected chi connectivity index (χ3v) is 3.31. The molecule has 0 aromatic carbocycles. The molecule has 1 aliphatic heterocycles. The molecular formula is C9H8N4S. The number of thioether (sulfide) groups is 1. The van der Waals surface area contributed by atoms with Crippen LogP contribution >= 0.6 is 11.8 Å². The molecule has 2 N–H and O–H groups in total. The first-order valence-corrected chi connectivity index (χ1v) is 5.47. The van der Waals surface area contributed by atoms with E-state index in [1.54, 1.807) is 0 Å². The highest BCUT2D eigenvalue weighted by molar-refractivity contribution is 7.98. The monoisotopic (exact) mass is 204 g/mol. The van der Waals surface area contributed by atoms with E-state index in [2.05, 4.69) is 21.0 Å². The number of nitrogens with zero attached hydrogens (tertiary/aromatic N) is 3. The number of hydrogen-bond acceptors (Lipinski definition) is 5. The summed E-state index contributed by atoms with van der Waals surface area (Å²) in [6, 6.07) is 2.06. The zero-order chi connectivity index (χ0) is 9.54. The molecule has 3 rings (SSSR count). The molecule has 2 aromatic heterocycles. The van der Waals surface area contributed by atoms with Crippen molar-refractivity contribution in [2.45, 2.75) is 11.5 Å². The molecule has 70 valence electrons. The smallest absolute Gasteiger partial charge is 0.164 e. The number of pyridine rings is 1. The van der Waals surface area contributed by atoms with Gasteiger partial charge in [0.2, 0.25) is 0 Å². The van der Waals surface area contributed by atoms with Crippen molar-refractivity contribution in [3.8, 4) is 0 Å².